The van der Waals surface area contributed by atoms with E-state index in [1.807, 2.05) is 37.7 Å². The number of ether oxygens (including phenoxy) is 2. The average molecular weight is 502 g/mol. The van der Waals surface area contributed by atoms with Crippen LogP contribution in [0.3, 0.4) is 0 Å². The molecule has 0 aromatic carbocycles. The zero-order valence-corrected chi connectivity index (χ0v) is 19.6. The third kappa shape index (κ3) is 6.93. The first-order valence-electron chi connectivity index (χ1n) is 9.13. The number of methoxy groups -OCH3 is 1. The molecule has 2 aromatic rings. The van der Waals surface area contributed by atoms with Crippen LogP contribution in [0.5, 0.6) is 5.88 Å². The van der Waals surface area contributed by atoms with Crippen LogP contribution in [-0.2, 0) is 24.9 Å². The molecule has 0 spiro atoms. The highest BCUT2D eigenvalue weighted by molar-refractivity contribution is 14.0. The minimum Gasteiger partial charge on any atom is -0.475 e. The van der Waals surface area contributed by atoms with Crippen LogP contribution >= 0.6 is 24.0 Å². The van der Waals surface area contributed by atoms with Gasteiger partial charge in [0.1, 0.15) is 6.61 Å². The highest BCUT2D eigenvalue weighted by Crippen LogP contribution is 2.15. The Balaban J connectivity index is 0.00000392. The van der Waals surface area contributed by atoms with Gasteiger partial charge in [0.05, 0.1) is 18.8 Å². The second-order valence-electron chi connectivity index (χ2n) is 6.13. The Labute approximate surface area is 184 Å². The minimum absolute atomic E-state index is 0. The van der Waals surface area contributed by atoms with Crippen LogP contribution in [0.25, 0.3) is 0 Å². The van der Waals surface area contributed by atoms with Gasteiger partial charge in [-0.05, 0) is 26.8 Å². The zero-order valence-electron chi connectivity index (χ0n) is 17.3. The smallest absolute Gasteiger partial charge is 0.218 e. The van der Waals surface area contributed by atoms with E-state index in [0.717, 1.165) is 29.5 Å². The van der Waals surface area contributed by atoms with Crippen LogP contribution in [-0.4, -0.2) is 47.6 Å². The van der Waals surface area contributed by atoms with Gasteiger partial charge in [0.15, 0.2) is 5.96 Å². The summed E-state index contributed by atoms with van der Waals surface area (Å²) in [4.78, 5) is 8.96. The highest BCUT2D eigenvalue weighted by Gasteiger charge is 2.10. The summed E-state index contributed by atoms with van der Waals surface area (Å²) in [6.07, 6.45) is 1.72. The molecule has 0 saturated carbocycles. The van der Waals surface area contributed by atoms with Crippen molar-refractivity contribution in [3.63, 3.8) is 0 Å². The first kappa shape index (κ1) is 24.2. The predicted octanol–water partition coefficient (Wildman–Crippen LogP) is 2.33. The standard InChI is InChI=1S/C19H30N6O2.HI/c1-6-20-19(23-13-17-14(2)24-25(4)15(17)3)22-12-16-8-7-9-21-18(16)27-11-10-26-5;/h7-9H,6,10-13H2,1-5H3,(H2,20,22,23);1H. The lowest BCUT2D eigenvalue weighted by Crippen LogP contribution is -2.37. The number of nitrogens with one attached hydrogen (secondary N) is 2. The Morgan fingerprint density at radius 1 is 1.25 bits per heavy atom. The number of nitrogens with zero attached hydrogens (tertiary/aromatic N) is 4. The normalized spacial score (nSPS) is 11.1. The van der Waals surface area contributed by atoms with Crippen LogP contribution < -0.4 is 15.4 Å². The average Bonchev–Trinajstić information content (AvgIpc) is 2.90. The van der Waals surface area contributed by atoms with Crippen molar-refractivity contribution in [1.82, 2.24) is 25.4 Å². The van der Waals surface area contributed by atoms with E-state index in [2.05, 4.69) is 32.6 Å². The quantitative estimate of drug-likeness (QED) is 0.237. The topological polar surface area (TPSA) is 85.6 Å². The summed E-state index contributed by atoms with van der Waals surface area (Å²) in [5, 5.41) is 11.1. The lowest BCUT2D eigenvalue weighted by Gasteiger charge is -2.13. The van der Waals surface area contributed by atoms with Crippen molar-refractivity contribution in [1.29, 1.82) is 0 Å². The van der Waals surface area contributed by atoms with Gasteiger partial charge < -0.3 is 20.1 Å². The number of aromatic nitrogens is 3. The largest absolute Gasteiger partial charge is 0.475 e. The predicted molar refractivity (Wildman–Crippen MR) is 121 cm³/mol. The van der Waals surface area contributed by atoms with Gasteiger partial charge >= 0.3 is 0 Å². The third-order valence-corrected chi connectivity index (χ3v) is 4.22. The number of hydrogen-bond donors (Lipinski definition) is 2. The molecule has 0 radical (unpaired) electrons. The third-order valence-electron chi connectivity index (χ3n) is 4.22. The van der Waals surface area contributed by atoms with Crippen LogP contribution in [0, 0.1) is 13.8 Å². The van der Waals surface area contributed by atoms with Gasteiger partial charge in [0.2, 0.25) is 5.88 Å². The Morgan fingerprint density at radius 2 is 2.04 bits per heavy atom. The maximum absolute atomic E-state index is 5.68. The van der Waals surface area contributed by atoms with Crippen molar-refractivity contribution < 1.29 is 9.47 Å². The van der Waals surface area contributed by atoms with Gasteiger partial charge in [-0.3, -0.25) is 4.68 Å². The van der Waals surface area contributed by atoms with Crippen molar-refractivity contribution in [3.05, 3.63) is 40.8 Å². The Bertz CT molecular complexity index is 763. The van der Waals surface area contributed by atoms with E-state index in [1.54, 1.807) is 13.3 Å². The second kappa shape index (κ2) is 12.6. The van der Waals surface area contributed by atoms with Crippen LogP contribution in [0.2, 0.25) is 0 Å². The molecule has 2 aromatic heterocycles. The van der Waals surface area contributed by atoms with Gasteiger partial charge in [-0.1, -0.05) is 6.07 Å². The molecule has 2 N–H and O–H groups in total. The maximum Gasteiger partial charge on any atom is 0.218 e. The van der Waals surface area contributed by atoms with Crippen LogP contribution in [0.1, 0.15) is 29.4 Å². The van der Waals surface area contributed by atoms with Crippen LogP contribution in [0.4, 0.5) is 0 Å². The van der Waals surface area contributed by atoms with E-state index in [-0.39, 0.29) is 24.0 Å². The monoisotopic (exact) mass is 502 g/mol. The van der Waals surface area contributed by atoms with E-state index in [1.165, 1.54) is 5.56 Å². The lowest BCUT2D eigenvalue weighted by atomic mass is 10.2. The molecule has 0 unspecified atom stereocenters. The maximum atomic E-state index is 5.68. The van der Waals surface area contributed by atoms with Gasteiger partial charge in [0.25, 0.3) is 0 Å². The molecule has 0 fully saturated rings. The molecular formula is C19H31IN6O2. The fraction of sp³-hybridized carbons (Fsp3) is 0.526. The summed E-state index contributed by atoms with van der Waals surface area (Å²) in [5.74, 6) is 1.33. The summed E-state index contributed by atoms with van der Waals surface area (Å²) in [6.45, 7) is 9.03. The summed E-state index contributed by atoms with van der Waals surface area (Å²) in [5.41, 5.74) is 4.30. The molecule has 28 heavy (non-hydrogen) atoms. The fourth-order valence-corrected chi connectivity index (χ4v) is 2.65. The lowest BCUT2D eigenvalue weighted by molar-refractivity contribution is 0.143. The summed E-state index contributed by atoms with van der Waals surface area (Å²) in [7, 11) is 3.60. The molecule has 2 rings (SSSR count). The van der Waals surface area contributed by atoms with Crippen molar-refractivity contribution in [2.75, 3.05) is 26.9 Å². The van der Waals surface area contributed by atoms with E-state index in [9.17, 15) is 0 Å². The number of halogens is 1. The van der Waals surface area contributed by atoms with Crippen molar-refractivity contribution >= 4 is 29.9 Å². The molecule has 0 aliphatic heterocycles. The molecule has 156 valence electrons. The SMILES string of the molecule is CCNC(=NCc1cccnc1OCCOC)NCc1c(C)nn(C)c1C.I. The number of aryl methyl sites for hydroxylation is 2. The zero-order chi connectivity index (χ0) is 19.6. The van der Waals surface area contributed by atoms with Crippen LogP contribution in [0.15, 0.2) is 23.3 Å². The van der Waals surface area contributed by atoms with E-state index >= 15 is 0 Å². The summed E-state index contributed by atoms with van der Waals surface area (Å²) < 4.78 is 12.6. The molecule has 0 aliphatic rings. The minimum atomic E-state index is 0. The molecule has 0 aliphatic carbocycles. The Kier molecular flexibility index (Phi) is 10.8. The molecule has 9 heteroatoms. The molecular weight excluding hydrogens is 471 g/mol. The highest BCUT2D eigenvalue weighted by atomic mass is 127. The number of guanidine groups is 1. The molecule has 0 atom stereocenters. The van der Waals surface area contributed by atoms with E-state index < -0.39 is 0 Å². The van der Waals surface area contributed by atoms with E-state index in [4.69, 9.17) is 9.47 Å². The Hall–Kier alpha value is -1.88. The summed E-state index contributed by atoms with van der Waals surface area (Å²) >= 11 is 0. The van der Waals surface area contributed by atoms with E-state index in [0.29, 0.717) is 32.2 Å². The van der Waals surface area contributed by atoms with Gasteiger partial charge in [0, 0.05) is 50.3 Å². The Morgan fingerprint density at radius 3 is 2.68 bits per heavy atom. The number of aliphatic imine (C=N–C) groups is 1. The van der Waals surface area contributed by atoms with Gasteiger partial charge in [-0.15, -0.1) is 24.0 Å². The fourth-order valence-electron chi connectivity index (χ4n) is 2.65. The first-order chi connectivity index (χ1) is 13.1. The molecule has 0 amide bonds. The van der Waals surface area contributed by atoms with Gasteiger partial charge in [-0.2, -0.15) is 5.10 Å². The molecule has 0 saturated heterocycles. The van der Waals surface area contributed by atoms with Crippen molar-refractivity contribution in [3.8, 4) is 5.88 Å². The number of pyridine rings is 1. The first-order valence-corrected chi connectivity index (χ1v) is 9.13. The molecule has 0 bridgehead atoms. The molecule has 8 nitrogen and oxygen atoms in total. The number of rotatable bonds is 9. The second-order valence-corrected chi connectivity index (χ2v) is 6.13. The number of hydrogen-bond acceptors (Lipinski definition) is 5. The van der Waals surface area contributed by atoms with Crippen molar-refractivity contribution in [2.24, 2.45) is 12.0 Å². The van der Waals surface area contributed by atoms with Gasteiger partial charge in [-0.25, -0.2) is 9.98 Å². The van der Waals surface area contributed by atoms with Crippen molar-refractivity contribution in [2.45, 2.75) is 33.9 Å². The summed E-state index contributed by atoms with van der Waals surface area (Å²) in [6, 6.07) is 3.86. The molecule has 2 heterocycles.